The largest absolute Gasteiger partial charge is 0.495 e. The number of hydrogen-bond acceptors (Lipinski definition) is 4. The monoisotopic (exact) mass is 371 g/mol. The van der Waals surface area contributed by atoms with Gasteiger partial charge in [-0.2, -0.15) is 0 Å². The molecule has 5 heteroatoms. The number of carbonyl (C=O) groups excluding carboxylic acids is 1. The first kappa shape index (κ1) is 16.7. The van der Waals surface area contributed by atoms with E-state index in [0.29, 0.717) is 5.75 Å². The van der Waals surface area contributed by atoms with Gasteiger partial charge in [-0.05, 0) is 67.5 Å². The van der Waals surface area contributed by atoms with Gasteiger partial charge in [0.15, 0.2) is 0 Å². The van der Waals surface area contributed by atoms with Crippen LogP contribution < -0.4 is 10.1 Å². The molecule has 25 heavy (non-hydrogen) atoms. The SMILES string of the molecule is COc1ccc(C)cc1NC(=O)C1=Cc2sc3c(c2CS1)CCCC3. The molecule has 1 aromatic carbocycles. The average Bonchev–Trinajstić information content (AvgIpc) is 2.99. The lowest BCUT2D eigenvalue weighted by Gasteiger charge is -2.17. The molecule has 3 nitrogen and oxygen atoms in total. The van der Waals surface area contributed by atoms with Gasteiger partial charge in [-0.25, -0.2) is 0 Å². The number of fused-ring (bicyclic) bond motifs is 3. The molecular weight excluding hydrogens is 350 g/mol. The zero-order valence-corrected chi connectivity index (χ0v) is 16.1. The molecule has 0 saturated heterocycles. The minimum atomic E-state index is -0.0501. The normalized spacial score (nSPS) is 15.8. The molecule has 1 aromatic heterocycles. The maximum Gasteiger partial charge on any atom is 0.262 e. The highest BCUT2D eigenvalue weighted by molar-refractivity contribution is 8.03. The van der Waals surface area contributed by atoms with Crippen molar-refractivity contribution in [2.24, 2.45) is 0 Å². The number of benzene rings is 1. The summed E-state index contributed by atoms with van der Waals surface area (Å²) in [5, 5.41) is 3.02. The zero-order chi connectivity index (χ0) is 17.4. The number of anilines is 1. The summed E-state index contributed by atoms with van der Waals surface area (Å²) in [6.07, 6.45) is 7.07. The predicted octanol–water partition coefficient (Wildman–Crippen LogP) is 5.17. The minimum Gasteiger partial charge on any atom is -0.495 e. The molecular formula is C20H21NO2S2. The van der Waals surface area contributed by atoms with Crippen molar-refractivity contribution >= 4 is 40.8 Å². The topological polar surface area (TPSA) is 38.3 Å². The highest BCUT2D eigenvalue weighted by Crippen LogP contribution is 2.43. The molecule has 2 aliphatic rings. The smallest absolute Gasteiger partial charge is 0.262 e. The van der Waals surface area contributed by atoms with E-state index >= 15 is 0 Å². The quantitative estimate of drug-likeness (QED) is 0.809. The number of hydrogen-bond donors (Lipinski definition) is 1. The maximum atomic E-state index is 12.7. The van der Waals surface area contributed by atoms with Crippen LogP contribution in [0.4, 0.5) is 5.69 Å². The van der Waals surface area contributed by atoms with Gasteiger partial charge in [0, 0.05) is 15.5 Å². The van der Waals surface area contributed by atoms with E-state index in [2.05, 4.69) is 11.4 Å². The van der Waals surface area contributed by atoms with Gasteiger partial charge in [-0.1, -0.05) is 6.07 Å². The number of nitrogens with one attached hydrogen (secondary N) is 1. The fourth-order valence-electron chi connectivity index (χ4n) is 3.47. The van der Waals surface area contributed by atoms with E-state index in [4.69, 9.17) is 4.74 Å². The number of aryl methyl sites for hydroxylation is 2. The molecule has 0 fully saturated rings. The van der Waals surface area contributed by atoms with E-state index in [0.717, 1.165) is 21.9 Å². The summed E-state index contributed by atoms with van der Waals surface area (Å²) in [6, 6.07) is 5.81. The minimum absolute atomic E-state index is 0.0501. The van der Waals surface area contributed by atoms with E-state index < -0.39 is 0 Å². The predicted molar refractivity (Wildman–Crippen MR) is 107 cm³/mol. The third kappa shape index (κ3) is 3.23. The van der Waals surface area contributed by atoms with E-state index in [1.54, 1.807) is 24.4 Å². The second-order valence-electron chi connectivity index (χ2n) is 6.51. The zero-order valence-electron chi connectivity index (χ0n) is 14.5. The summed E-state index contributed by atoms with van der Waals surface area (Å²) >= 11 is 3.52. The molecule has 1 aliphatic heterocycles. The van der Waals surface area contributed by atoms with Crippen molar-refractivity contribution in [1.29, 1.82) is 0 Å². The number of thiophene rings is 1. The van der Waals surface area contributed by atoms with Crippen LogP contribution in [0.3, 0.4) is 0 Å². The second kappa shape index (κ2) is 6.89. The Labute approximate surface area is 156 Å². The van der Waals surface area contributed by atoms with Gasteiger partial charge < -0.3 is 10.1 Å². The third-order valence-electron chi connectivity index (χ3n) is 4.77. The van der Waals surface area contributed by atoms with Gasteiger partial charge in [-0.3, -0.25) is 4.79 Å². The van der Waals surface area contributed by atoms with Gasteiger partial charge in [0.1, 0.15) is 5.75 Å². The van der Waals surface area contributed by atoms with Gasteiger partial charge in [0.2, 0.25) is 0 Å². The van der Waals surface area contributed by atoms with Crippen molar-refractivity contribution < 1.29 is 9.53 Å². The molecule has 4 rings (SSSR count). The highest BCUT2D eigenvalue weighted by atomic mass is 32.2. The summed E-state index contributed by atoms with van der Waals surface area (Å²) < 4.78 is 5.36. The van der Waals surface area contributed by atoms with Crippen molar-refractivity contribution in [1.82, 2.24) is 0 Å². The molecule has 130 valence electrons. The van der Waals surface area contributed by atoms with Gasteiger partial charge in [0.25, 0.3) is 5.91 Å². The van der Waals surface area contributed by atoms with Crippen molar-refractivity contribution in [3.8, 4) is 5.75 Å². The Balaban J connectivity index is 1.59. The Bertz CT molecular complexity index is 867. The summed E-state index contributed by atoms with van der Waals surface area (Å²) in [4.78, 5) is 16.4. The van der Waals surface area contributed by atoms with Gasteiger partial charge in [-0.15, -0.1) is 23.1 Å². The van der Waals surface area contributed by atoms with Crippen molar-refractivity contribution in [3.05, 3.63) is 49.5 Å². The van der Waals surface area contributed by atoms with Crippen LogP contribution in [-0.4, -0.2) is 13.0 Å². The number of amides is 1. The maximum absolute atomic E-state index is 12.7. The van der Waals surface area contributed by atoms with Crippen LogP contribution in [-0.2, 0) is 23.4 Å². The lowest BCUT2D eigenvalue weighted by Crippen LogP contribution is -2.15. The highest BCUT2D eigenvalue weighted by Gasteiger charge is 2.25. The van der Waals surface area contributed by atoms with Gasteiger partial charge in [0.05, 0.1) is 17.7 Å². The van der Waals surface area contributed by atoms with Crippen LogP contribution in [0, 0.1) is 6.92 Å². The molecule has 0 radical (unpaired) electrons. The lowest BCUT2D eigenvalue weighted by atomic mass is 9.95. The number of rotatable bonds is 3. The fraction of sp³-hybridized carbons (Fsp3) is 0.350. The Morgan fingerprint density at radius 2 is 2.04 bits per heavy atom. The summed E-state index contributed by atoms with van der Waals surface area (Å²) in [6.45, 7) is 2.01. The Kier molecular flexibility index (Phi) is 4.61. The fourth-order valence-corrected chi connectivity index (χ4v) is 6.01. The molecule has 1 aliphatic carbocycles. The summed E-state index contributed by atoms with van der Waals surface area (Å²) in [5.74, 6) is 1.55. The first-order valence-corrected chi connectivity index (χ1v) is 10.4. The lowest BCUT2D eigenvalue weighted by molar-refractivity contribution is -0.112. The Morgan fingerprint density at radius 3 is 2.88 bits per heavy atom. The first-order chi connectivity index (χ1) is 12.2. The first-order valence-electron chi connectivity index (χ1n) is 8.59. The molecule has 0 unspecified atom stereocenters. The molecule has 1 amide bonds. The van der Waals surface area contributed by atoms with Crippen LogP contribution >= 0.6 is 23.1 Å². The number of ether oxygens (including phenoxy) is 1. The summed E-state index contributed by atoms with van der Waals surface area (Å²) in [7, 11) is 1.62. The third-order valence-corrected chi connectivity index (χ3v) is 7.10. The van der Waals surface area contributed by atoms with E-state index in [-0.39, 0.29) is 5.91 Å². The number of methoxy groups -OCH3 is 1. The van der Waals surface area contributed by atoms with Crippen LogP contribution in [0.2, 0.25) is 0 Å². The Morgan fingerprint density at radius 1 is 1.20 bits per heavy atom. The van der Waals surface area contributed by atoms with Crippen molar-refractivity contribution in [2.75, 3.05) is 12.4 Å². The van der Waals surface area contributed by atoms with Crippen molar-refractivity contribution in [2.45, 2.75) is 38.4 Å². The standard InChI is InChI=1S/C20H21NO2S2/c1-12-7-8-16(23-2)15(9-12)21-20(22)19-10-18-14(11-24-19)13-5-3-4-6-17(13)25-18/h7-10H,3-6,11H2,1-2H3,(H,21,22). The summed E-state index contributed by atoms with van der Waals surface area (Å²) in [5.41, 5.74) is 4.85. The van der Waals surface area contributed by atoms with E-state index in [9.17, 15) is 4.79 Å². The molecule has 0 saturated carbocycles. The molecule has 2 heterocycles. The van der Waals surface area contributed by atoms with Crippen LogP contribution in [0.25, 0.3) is 6.08 Å². The van der Waals surface area contributed by atoms with Crippen LogP contribution in [0.15, 0.2) is 23.1 Å². The number of carbonyl (C=O) groups is 1. The molecule has 0 spiro atoms. The molecule has 0 bridgehead atoms. The Hall–Kier alpha value is -1.72. The van der Waals surface area contributed by atoms with Crippen LogP contribution in [0.1, 0.15) is 39.3 Å². The van der Waals surface area contributed by atoms with E-state index in [1.165, 1.54) is 41.0 Å². The van der Waals surface area contributed by atoms with Gasteiger partial charge >= 0.3 is 0 Å². The van der Waals surface area contributed by atoms with E-state index in [1.807, 2.05) is 36.5 Å². The average molecular weight is 372 g/mol. The molecule has 0 atom stereocenters. The van der Waals surface area contributed by atoms with Crippen LogP contribution in [0.5, 0.6) is 5.75 Å². The molecule has 2 aromatic rings. The molecule has 1 N–H and O–H groups in total. The van der Waals surface area contributed by atoms with Crippen molar-refractivity contribution in [3.63, 3.8) is 0 Å². The second-order valence-corrected chi connectivity index (χ2v) is 8.66. The number of thioether (sulfide) groups is 1.